The molecule has 0 aromatic rings. The maximum absolute atomic E-state index is 13.1. The summed E-state index contributed by atoms with van der Waals surface area (Å²) in [5.74, 6) is -1.58. The van der Waals surface area contributed by atoms with Crippen LogP contribution in [0.1, 0.15) is 419 Å². The summed E-state index contributed by atoms with van der Waals surface area (Å²) in [7, 11) is -9.82. The molecule has 706 valence electrons. The average Bonchev–Trinajstić information content (AvgIpc) is 0.912. The molecule has 0 bridgehead atoms. The van der Waals surface area contributed by atoms with Gasteiger partial charge in [0, 0.05) is 19.3 Å². The molecule has 0 spiro atoms. The van der Waals surface area contributed by atoms with E-state index in [0.29, 0.717) is 19.3 Å². The van der Waals surface area contributed by atoms with Crippen molar-refractivity contribution in [1.29, 1.82) is 0 Å². The van der Waals surface area contributed by atoms with Crippen LogP contribution in [0.2, 0.25) is 0 Å². The van der Waals surface area contributed by atoms with Crippen LogP contribution < -0.4 is 0 Å². The third-order valence-corrected chi connectivity index (χ3v) is 22.8. The van der Waals surface area contributed by atoms with Gasteiger partial charge in [0.1, 0.15) is 25.4 Å². The zero-order valence-corrected chi connectivity index (χ0v) is 79.9. The fourth-order valence-corrected chi connectivity index (χ4v) is 15.0. The lowest BCUT2D eigenvalue weighted by atomic mass is 10.0. The minimum Gasteiger partial charge on any atom is -0.463 e. The first-order valence-electron chi connectivity index (χ1n) is 49.4. The third kappa shape index (κ3) is 97.4. The van der Waals surface area contributed by atoms with Gasteiger partial charge in [-0.2, -0.15) is 0 Å². The number of carbonyl (C=O) groups excluding carboxylic acids is 3. The van der Waals surface area contributed by atoms with Crippen molar-refractivity contribution in [3.63, 3.8) is 0 Å². The van der Waals surface area contributed by atoms with Crippen LogP contribution >= 0.6 is 15.6 Å². The molecule has 5 atom stereocenters. The van der Waals surface area contributed by atoms with Crippen LogP contribution in [0.4, 0.5) is 0 Å². The molecule has 0 fully saturated rings. The van der Waals surface area contributed by atoms with E-state index >= 15 is 0 Å². The number of allylic oxidation sites excluding steroid dienone is 28. The first kappa shape index (κ1) is 118. The van der Waals surface area contributed by atoms with Gasteiger partial charge in [-0.25, -0.2) is 9.13 Å². The lowest BCUT2D eigenvalue weighted by Gasteiger charge is -2.21. The van der Waals surface area contributed by atoms with E-state index in [0.717, 1.165) is 173 Å². The normalized spacial score (nSPS) is 14.4. The van der Waals surface area contributed by atoms with Crippen LogP contribution in [0.25, 0.3) is 0 Å². The minimum atomic E-state index is -4.95. The summed E-state index contributed by atoms with van der Waals surface area (Å²) in [4.78, 5) is 59.1. The molecule has 0 aliphatic carbocycles. The first-order valence-corrected chi connectivity index (χ1v) is 52.4. The van der Waals surface area contributed by atoms with Gasteiger partial charge in [0.2, 0.25) is 0 Å². The van der Waals surface area contributed by atoms with Gasteiger partial charge in [-0.1, -0.05) is 409 Å². The van der Waals surface area contributed by atoms with Gasteiger partial charge in [0.15, 0.2) is 6.10 Å². The molecule has 0 rings (SSSR count). The summed E-state index contributed by atoms with van der Waals surface area (Å²) in [6.07, 6.45) is 125. The Kier molecular flexibility index (Phi) is 92.0. The predicted molar refractivity (Wildman–Crippen MR) is 519 cm³/mol. The second-order valence-corrected chi connectivity index (χ2v) is 35.7. The van der Waals surface area contributed by atoms with Crippen LogP contribution in [0.3, 0.4) is 0 Å². The van der Waals surface area contributed by atoms with Crippen molar-refractivity contribution < 1.29 is 75.8 Å². The molecule has 0 saturated heterocycles. The monoisotopic (exact) mass is 1760 g/mol. The number of phosphoric acid groups is 2. The highest BCUT2D eigenvalue weighted by atomic mass is 31.2. The second kappa shape index (κ2) is 96.0. The Balaban J connectivity index is 4.59. The van der Waals surface area contributed by atoms with Crippen molar-refractivity contribution in [3.8, 4) is 0 Å². The van der Waals surface area contributed by atoms with E-state index in [1.165, 1.54) is 186 Å². The number of unbranched alkanes of at least 4 members (excludes halogenated alkanes) is 42. The van der Waals surface area contributed by atoms with Crippen LogP contribution in [-0.4, -0.2) is 95.9 Å². The second-order valence-electron chi connectivity index (χ2n) is 32.8. The highest BCUT2D eigenvalue weighted by Gasteiger charge is 2.30. The van der Waals surface area contributed by atoms with Gasteiger partial charge in [-0.05, 0) is 161 Å². The molecular weight excluding hydrogens is 1580 g/mol. The SMILES string of the molecule is CC/C=C\C/C=C\C/C=C\C/C=C\C/C=C\C/C=C\CCCCCCCCCCCCCCC(=O)OCC(COP(=O)(O)OCC(O)COP(=O)(O)OCC(O)COC(=O)CCCCCCCCCCCCCCCCCCC/C=C\C/C=C\C/C=C\C/C=C\CCCCC)OC(=O)CCCCCCCCC/C=C\C/C=C\C/C=C\C/C=C\CCCCC. The molecule has 0 aromatic carbocycles. The van der Waals surface area contributed by atoms with E-state index < -0.39 is 91.5 Å². The molecule has 0 aromatic heterocycles. The molecule has 0 aliphatic rings. The van der Waals surface area contributed by atoms with Crippen LogP contribution in [0.15, 0.2) is 170 Å². The quantitative estimate of drug-likeness (QED) is 0.0146. The molecule has 0 amide bonds. The van der Waals surface area contributed by atoms with Crippen molar-refractivity contribution in [2.75, 3.05) is 39.6 Å². The highest BCUT2D eigenvalue weighted by Crippen LogP contribution is 2.45. The topological polar surface area (TPSA) is 231 Å². The number of aliphatic hydroxyl groups excluding tert-OH is 2. The van der Waals surface area contributed by atoms with E-state index in [4.69, 9.17) is 32.3 Å². The summed E-state index contributed by atoms with van der Waals surface area (Å²) in [5, 5.41) is 20.8. The summed E-state index contributed by atoms with van der Waals surface area (Å²) in [5.41, 5.74) is 0. The van der Waals surface area contributed by atoms with Crippen LogP contribution in [0, 0.1) is 0 Å². The Labute approximate surface area is 752 Å². The Morgan fingerprint density at radius 3 is 0.683 bits per heavy atom. The standard InChI is InChI=1S/C105H180O16P2/c1-4-7-10-13-16-19-22-25-28-31-34-37-40-42-44-46-48-49-51-53-54-56-59-61-64-67-70-73-76-79-82-85-88-91-103(108)115-94-100(106)95-117-122(111,112)118-96-101(107)97-119-123(113,114)120-99-102(121-105(110)93-90-87-84-81-78-75-72-69-66-63-58-39-36-33-30-27-24-21-18-15-12-9-6-3)98-116-104(109)92-89-86-83-80-77-74-71-68-65-62-60-57-55-52-50-47-45-43-41-38-35-32-29-26-23-20-17-14-11-8-5-2/h8,11,16-21,25-30,34-39,42-45,50,52,63,66,100-102,106-107H,4-7,9-10,12-15,22-24,31-33,40-41,46-49,51,53-62,64-65,67-99H2,1-3H3,(H,111,112)(H,113,114)/b11-8-,19-16-,20-17-,21-18-,28-25-,29-26-,30-27-,37-34-,38-35-,39-36-,44-42-,45-43-,52-50-,66-63-. The zero-order valence-electron chi connectivity index (χ0n) is 78.1. The average molecular weight is 1760 g/mol. The number of rotatable bonds is 93. The summed E-state index contributed by atoms with van der Waals surface area (Å²) in [6.45, 7) is 2.56. The number of hydrogen-bond acceptors (Lipinski definition) is 14. The Hall–Kier alpha value is -5.09. The Bertz CT molecular complexity index is 2920. The van der Waals surface area contributed by atoms with E-state index in [9.17, 15) is 43.5 Å². The minimum absolute atomic E-state index is 0.0881. The Morgan fingerprint density at radius 1 is 0.236 bits per heavy atom. The van der Waals surface area contributed by atoms with Crippen molar-refractivity contribution in [3.05, 3.63) is 170 Å². The highest BCUT2D eigenvalue weighted by molar-refractivity contribution is 7.47. The number of carbonyl (C=O) groups is 3. The molecular formula is C105H180O16P2. The number of hydrogen-bond donors (Lipinski definition) is 4. The first-order chi connectivity index (χ1) is 60.2. The summed E-state index contributed by atoms with van der Waals surface area (Å²) >= 11 is 0. The van der Waals surface area contributed by atoms with Gasteiger partial charge < -0.3 is 34.2 Å². The van der Waals surface area contributed by atoms with Crippen molar-refractivity contribution in [2.45, 2.75) is 437 Å². The lowest BCUT2D eigenvalue weighted by molar-refractivity contribution is -0.161. The smallest absolute Gasteiger partial charge is 0.463 e. The molecule has 0 heterocycles. The van der Waals surface area contributed by atoms with Gasteiger partial charge in [-0.3, -0.25) is 32.5 Å². The fourth-order valence-electron chi connectivity index (χ4n) is 13.4. The number of aliphatic hydroxyl groups is 2. The van der Waals surface area contributed by atoms with Crippen molar-refractivity contribution >= 4 is 33.6 Å². The third-order valence-electron chi connectivity index (χ3n) is 20.9. The predicted octanol–water partition coefficient (Wildman–Crippen LogP) is 31.0. The van der Waals surface area contributed by atoms with E-state index in [1.54, 1.807) is 0 Å². The molecule has 5 unspecified atom stereocenters. The van der Waals surface area contributed by atoms with Crippen LogP contribution in [0.5, 0.6) is 0 Å². The van der Waals surface area contributed by atoms with Crippen molar-refractivity contribution in [1.82, 2.24) is 0 Å². The maximum Gasteiger partial charge on any atom is 0.472 e. The van der Waals surface area contributed by atoms with Gasteiger partial charge >= 0.3 is 33.6 Å². The fraction of sp³-hybridized carbons (Fsp3) is 0.705. The molecule has 0 aliphatic heterocycles. The lowest BCUT2D eigenvalue weighted by Crippen LogP contribution is -2.30. The molecule has 4 N–H and O–H groups in total. The summed E-state index contributed by atoms with van der Waals surface area (Å²) < 4.78 is 61.6. The van der Waals surface area contributed by atoms with E-state index in [2.05, 4.69) is 191 Å². The number of esters is 3. The number of phosphoric ester groups is 2. The zero-order chi connectivity index (χ0) is 89.3. The maximum atomic E-state index is 13.1. The van der Waals surface area contributed by atoms with Gasteiger partial charge in [-0.15, -0.1) is 0 Å². The van der Waals surface area contributed by atoms with Gasteiger partial charge in [0.05, 0.1) is 26.4 Å². The molecule has 16 nitrogen and oxygen atoms in total. The molecule has 18 heteroatoms. The van der Waals surface area contributed by atoms with Crippen molar-refractivity contribution in [2.24, 2.45) is 0 Å². The van der Waals surface area contributed by atoms with E-state index in [1.807, 2.05) is 0 Å². The molecule has 0 radical (unpaired) electrons. The Morgan fingerprint density at radius 2 is 0.431 bits per heavy atom. The molecule has 123 heavy (non-hydrogen) atoms. The van der Waals surface area contributed by atoms with E-state index in [-0.39, 0.29) is 19.3 Å². The van der Waals surface area contributed by atoms with Gasteiger partial charge in [0.25, 0.3) is 0 Å². The summed E-state index contributed by atoms with van der Waals surface area (Å²) in [6, 6.07) is 0. The molecule has 0 saturated carbocycles. The largest absolute Gasteiger partial charge is 0.472 e. The number of ether oxygens (including phenoxy) is 3. The van der Waals surface area contributed by atoms with Crippen LogP contribution in [-0.2, 0) is 55.8 Å².